The van der Waals surface area contributed by atoms with Gasteiger partial charge < -0.3 is 10.4 Å². The number of benzene rings is 1. The van der Waals surface area contributed by atoms with Crippen molar-refractivity contribution in [2.75, 3.05) is 6.54 Å². The van der Waals surface area contributed by atoms with Gasteiger partial charge in [-0.05, 0) is 42.7 Å². The first-order chi connectivity index (χ1) is 9.86. The smallest absolute Gasteiger partial charge is 0.392 e. The van der Waals surface area contributed by atoms with E-state index in [-0.39, 0.29) is 12.6 Å². The summed E-state index contributed by atoms with van der Waals surface area (Å²) >= 11 is 0. The Kier molecular flexibility index (Phi) is 4.88. The maximum atomic E-state index is 12.0. The molecule has 1 atom stereocenters. The third-order valence-electron chi connectivity index (χ3n) is 3.59. The first-order valence-electron chi connectivity index (χ1n) is 6.97. The van der Waals surface area contributed by atoms with Crippen LogP contribution in [0.3, 0.4) is 0 Å². The average molecular weight is 301 g/mol. The van der Waals surface area contributed by atoms with Gasteiger partial charge in [0, 0.05) is 6.54 Å². The van der Waals surface area contributed by atoms with E-state index in [4.69, 9.17) is 0 Å². The molecule has 0 aromatic heterocycles. The molecule has 1 saturated carbocycles. The summed E-state index contributed by atoms with van der Waals surface area (Å²) < 4.78 is 36.0. The van der Waals surface area contributed by atoms with Crippen molar-refractivity contribution in [2.45, 2.75) is 38.0 Å². The van der Waals surface area contributed by atoms with E-state index in [9.17, 15) is 23.1 Å². The van der Waals surface area contributed by atoms with Crippen molar-refractivity contribution in [2.24, 2.45) is 5.92 Å². The van der Waals surface area contributed by atoms with Crippen molar-refractivity contribution in [3.05, 3.63) is 35.4 Å². The molecule has 2 rings (SSSR count). The van der Waals surface area contributed by atoms with Crippen LogP contribution in [-0.2, 0) is 17.6 Å². The van der Waals surface area contributed by atoms with Crippen LogP contribution in [0.25, 0.3) is 0 Å². The standard InChI is InChI=1S/C15H18F3NO2/c16-15(17,18)14(21)19-8-7-10-1-3-11(4-2-10)9-13(20)12-5-6-12/h1-4,12-13,20H,5-9H2,(H,19,21)/t13-/m0/s1. The molecule has 2 N–H and O–H groups in total. The molecule has 1 aromatic carbocycles. The topological polar surface area (TPSA) is 49.3 Å². The summed E-state index contributed by atoms with van der Waals surface area (Å²) in [5, 5.41) is 11.7. The van der Waals surface area contributed by atoms with Crippen molar-refractivity contribution in [1.82, 2.24) is 5.32 Å². The van der Waals surface area contributed by atoms with E-state index < -0.39 is 12.1 Å². The van der Waals surface area contributed by atoms with Crippen molar-refractivity contribution in [3.8, 4) is 0 Å². The van der Waals surface area contributed by atoms with Gasteiger partial charge in [0.15, 0.2) is 0 Å². The predicted molar refractivity (Wildman–Crippen MR) is 71.6 cm³/mol. The summed E-state index contributed by atoms with van der Waals surface area (Å²) in [5.41, 5.74) is 1.86. The van der Waals surface area contributed by atoms with Crippen LogP contribution in [-0.4, -0.2) is 29.8 Å². The van der Waals surface area contributed by atoms with Crippen LogP contribution in [0.4, 0.5) is 13.2 Å². The molecule has 0 aliphatic heterocycles. The fourth-order valence-electron chi connectivity index (χ4n) is 2.15. The Morgan fingerprint density at radius 1 is 1.24 bits per heavy atom. The third kappa shape index (κ3) is 5.04. The SMILES string of the molecule is O=C(NCCc1ccc(C[C@H](O)C2CC2)cc1)C(F)(F)F. The first-order valence-corrected chi connectivity index (χ1v) is 6.97. The zero-order valence-corrected chi connectivity index (χ0v) is 11.5. The summed E-state index contributed by atoms with van der Waals surface area (Å²) in [6.07, 6.45) is -2.02. The van der Waals surface area contributed by atoms with Crippen LogP contribution in [0.2, 0.25) is 0 Å². The molecule has 3 nitrogen and oxygen atoms in total. The van der Waals surface area contributed by atoms with Gasteiger partial charge in [0.1, 0.15) is 0 Å². The second-order valence-corrected chi connectivity index (χ2v) is 5.43. The maximum Gasteiger partial charge on any atom is 0.471 e. The number of alkyl halides is 3. The fraction of sp³-hybridized carbons (Fsp3) is 0.533. The molecule has 1 aliphatic carbocycles. The van der Waals surface area contributed by atoms with Gasteiger partial charge in [-0.3, -0.25) is 4.79 Å². The Morgan fingerprint density at radius 3 is 2.33 bits per heavy atom. The van der Waals surface area contributed by atoms with E-state index in [0.717, 1.165) is 24.0 Å². The summed E-state index contributed by atoms with van der Waals surface area (Å²) in [4.78, 5) is 10.6. The van der Waals surface area contributed by atoms with Gasteiger partial charge in [-0.25, -0.2) is 0 Å². The van der Waals surface area contributed by atoms with Crippen molar-refractivity contribution < 1.29 is 23.1 Å². The minimum absolute atomic E-state index is 0.0532. The van der Waals surface area contributed by atoms with Gasteiger partial charge in [-0.2, -0.15) is 13.2 Å². The van der Waals surface area contributed by atoms with Gasteiger partial charge in [-0.15, -0.1) is 0 Å². The van der Waals surface area contributed by atoms with E-state index >= 15 is 0 Å². The Hall–Kier alpha value is -1.56. The van der Waals surface area contributed by atoms with E-state index in [1.54, 1.807) is 0 Å². The minimum atomic E-state index is -4.83. The molecule has 1 aliphatic rings. The Labute approximate surface area is 121 Å². The van der Waals surface area contributed by atoms with Gasteiger partial charge in [-0.1, -0.05) is 24.3 Å². The monoisotopic (exact) mass is 301 g/mol. The molecule has 0 saturated heterocycles. The van der Waals surface area contributed by atoms with Gasteiger partial charge in [0.05, 0.1) is 6.10 Å². The number of amides is 1. The molecule has 0 unspecified atom stereocenters. The van der Waals surface area contributed by atoms with E-state index in [1.807, 2.05) is 29.6 Å². The third-order valence-corrected chi connectivity index (χ3v) is 3.59. The summed E-state index contributed by atoms with van der Waals surface area (Å²) in [6.45, 7) is -0.0532. The number of halogens is 3. The molecule has 1 aromatic rings. The second kappa shape index (κ2) is 6.47. The number of hydrogen-bond donors (Lipinski definition) is 2. The number of hydrogen-bond acceptors (Lipinski definition) is 2. The van der Waals surface area contributed by atoms with Crippen LogP contribution in [0.15, 0.2) is 24.3 Å². The van der Waals surface area contributed by atoms with Crippen LogP contribution in [0.1, 0.15) is 24.0 Å². The highest BCUT2D eigenvalue weighted by atomic mass is 19.4. The number of aliphatic hydroxyl groups is 1. The first kappa shape index (κ1) is 15.8. The van der Waals surface area contributed by atoms with Gasteiger partial charge in [0.25, 0.3) is 0 Å². The lowest BCUT2D eigenvalue weighted by Gasteiger charge is -2.10. The largest absolute Gasteiger partial charge is 0.471 e. The molecule has 0 heterocycles. The average Bonchev–Trinajstić information content (AvgIpc) is 3.24. The van der Waals surface area contributed by atoms with Crippen molar-refractivity contribution >= 4 is 5.91 Å². The summed E-state index contributed by atoms with van der Waals surface area (Å²) in [6, 6.07) is 7.36. The molecule has 0 spiro atoms. The molecule has 6 heteroatoms. The maximum absolute atomic E-state index is 12.0. The van der Waals surface area contributed by atoms with Gasteiger partial charge in [0.2, 0.25) is 0 Å². The van der Waals surface area contributed by atoms with Crippen LogP contribution in [0.5, 0.6) is 0 Å². The molecule has 1 fully saturated rings. The number of carbonyl (C=O) groups excluding carboxylic acids is 1. The molecule has 116 valence electrons. The zero-order valence-electron chi connectivity index (χ0n) is 11.5. The van der Waals surface area contributed by atoms with Crippen molar-refractivity contribution in [3.63, 3.8) is 0 Å². The Bertz CT molecular complexity index is 481. The minimum Gasteiger partial charge on any atom is -0.392 e. The lowest BCUT2D eigenvalue weighted by molar-refractivity contribution is -0.173. The normalized spacial score (nSPS) is 16.6. The Balaban J connectivity index is 1.75. The van der Waals surface area contributed by atoms with E-state index in [2.05, 4.69) is 0 Å². The summed E-state index contributed by atoms with van der Waals surface area (Å²) in [7, 11) is 0. The van der Waals surface area contributed by atoms with Crippen molar-refractivity contribution in [1.29, 1.82) is 0 Å². The lowest BCUT2D eigenvalue weighted by atomic mass is 10.0. The highest BCUT2D eigenvalue weighted by molar-refractivity contribution is 5.81. The number of nitrogens with one attached hydrogen (secondary N) is 1. The highest BCUT2D eigenvalue weighted by Crippen LogP contribution is 2.33. The number of carbonyl (C=O) groups is 1. The summed E-state index contributed by atoms with van der Waals surface area (Å²) in [5.74, 6) is -1.49. The molecule has 21 heavy (non-hydrogen) atoms. The fourth-order valence-corrected chi connectivity index (χ4v) is 2.15. The molecular weight excluding hydrogens is 283 g/mol. The van der Waals surface area contributed by atoms with Crippen LogP contribution < -0.4 is 5.32 Å². The quantitative estimate of drug-likeness (QED) is 0.846. The van der Waals surface area contributed by atoms with E-state index in [0.29, 0.717) is 18.8 Å². The molecule has 0 bridgehead atoms. The van der Waals surface area contributed by atoms with Gasteiger partial charge >= 0.3 is 12.1 Å². The van der Waals surface area contributed by atoms with Crippen LogP contribution >= 0.6 is 0 Å². The number of aliphatic hydroxyl groups excluding tert-OH is 1. The molecule has 1 amide bonds. The van der Waals surface area contributed by atoms with E-state index in [1.165, 1.54) is 0 Å². The highest BCUT2D eigenvalue weighted by Gasteiger charge is 2.38. The second-order valence-electron chi connectivity index (χ2n) is 5.43. The Morgan fingerprint density at radius 2 is 1.81 bits per heavy atom. The number of rotatable bonds is 6. The zero-order chi connectivity index (χ0) is 15.5. The molecule has 0 radical (unpaired) electrons. The molecular formula is C15H18F3NO2. The predicted octanol–water partition coefficient (Wildman–Crippen LogP) is 2.22. The van der Waals surface area contributed by atoms with Crippen LogP contribution in [0, 0.1) is 5.92 Å². The lowest BCUT2D eigenvalue weighted by Crippen LogP contribution is -2.37.